The van der Waals surface area contributed by atoms with Gasteiger partial charge in [0.25, 0.3) is 0 Å². The quantitative estimate of drug-likeness (QED) is 0.898. The van der Waals surface area contributed by atoms with Crippen molar-refractivity contribution in [3.63, 3.8) is 0 Å². The Morgan fingerprint density at radius 1 is 1.45 bits per heavy atom. The summed E-state index contributed by atoms with van der Waals surface area (Å²) in [5.74, 6) is 1.54. The maximum absolute atomic E-state index is 12.2. The Morgan fingerprint density at radius 3 is 2.85 bits per heavy atom. The molecule has 0 radical (unpaired) electrons. The van der Waals surface area contributed by atoms with Crippen molar-refractivity contribution >= 4 is 5.91 Å². The molecule has 2 atom stereocenters. The molecule has 0 aromatic heterocycles. The number of rotatable bonds is 5. The summed E-state index contributed by atoms with van der Waals surface area (Å²) < 4.78 is 5.27. The predicted molar refractivity (Wildman–Crippen MR) is 79.5 cm³/mol. The fraction of sp³-hybridized carbons (Fsp3) is 0.562. The highest BCUT2D eigenvalue weighted by molar-refractivity contribution is 5.80. The summed E-state index contributed by atoms with van der Waals surface area (Å²) in [4.78, 5) is 14.1. The summed E-state index contributed by atoms with van der Waals surface area (Å²) in [6, 6.07) is 7.69. The molecular formula is C16H24N2O2. The summed E-state index contributed by atoms with van der Waals surface area (Å²) >= 11 is 0. The van der Waals surface area contributed by atoms with Crippen LogP contribution < -0.4 is 10.5 Å². The lowest BCUT2D eigenvalue weighted by Gasteiger charge is -2.28. The molecule has 0 aliphatic carbocycles. The molecule has 2 unspecified atom stereocenters. The summed E-state index contributed by atoms with van der Waals surface area (Å²) in [6.07, 6.45) is 1.43. The zero-order chi connectivity index (χ0) is 14.7. The van der Waals surface area contributed by atoms with Gasteiger partial charge in [-0.15, -0.1) is 0 Å². The molecule has 20 heavy (non-hydrogen) atoms. The summed E-state index contributed by atoms with van der Waals surface area (Å²) in [5.41, 5.74) is 7.25. The third-order valence-electron chi connectivity index (χ3n) is 3.85. The first-order chi connectivity index (χ1) is 9.52. The van der Waals surface area contributed by atoms with E-state index in [4.69, 9.17) is 10.5 Å². The number of ether oxygens (including phenoxy) is 1. The van der Waals surface area contributed by atoms with Crippen molar-refractivity contribution in [1.29, 1.82) is 0 Å². The van der Waals surface area contributed by atoms with E-state index in [1.807, 2.05) is 29.2 Å². The van der Waals surface area contributed by atoms with Crippen molar-refractivity contribution in [2.45, 2.75) is 38.8 Å². The molecule has 2 rings (SSSR count). The van der Waals surface area contributed by atoms with Gasteiger partial charge in [-0.05, 0) is 30.0 Å². The van der Waals surface area contributed by atoms with E-state index in [1.165, 1.54) is 0 Å². The highest BCUT2D eigenvalue weighted by Crippen LogP contribution is 2.33. The van der Waals surface area contributed by atoms with Gasteiger partial charge in [0.1, 0.15) is 5.75 Å². The summed E-state index contributed by atoms with van der Waals surface area (Å²) in [5, 5.41) is 0. The average Bonchev–Trinajstić information content (AvgIpc) is 2.70. The Kier molecular flexibility index (Phi) is 4.65. The molecule has 1 fully saturated rings. The maximum atomic E-state index is 12.2. The molecule has 4 heteroatoms. The fourth-order valence-corrected chi connectivity index (χ4v) is 2.73. The van der Waals surface area contributed by atoms with Crippen molar-refractivity contribution in [3.8, 4) is 5.75 Å². The van der Waals surface area contributed by atoms with Gasteiger partial charge < -0.3 is 15.4 Å². The van der Waals surface area contributed by atoms with Crippen molar-refractivity contribution in [2.75, 3.05) is 13.7 Å². The van der Waals surface area contributed by atoms with Crippen LogP contribution in [0.15, 0.2) is 24.3 Å². The molecule has 0 bridgehead atoms. The average molecular weight is 276 g/mol. The van der Waals surface area contributed by atoms with Gasteiger partial charge in [0.15, 0.2) is 0 Å². The molecule has 1 saturated heterocycles. The van der Waals surface area contributed by atoms with Crippen LogP contribution in [0.1, 0.15) is 38.3 Å². The molecule has 1 aromatic carbocycles. The molecule has 1 aliphatic heterocycles. The van der Waals surface area contributed by atoms with Gasteiger partial charge in [-0.1, -0.05) is 26.0 Å². The van der Waals surface area contributed by atoms with E-state index in [1.54, 1.807) is 7.11 Å². The van der Waals surface area contributed by atoms with E-state index in [9.17, 15) is 4.79 Å². The summed E-state index contributed by atoms with van der Waals surface area (Å²) in [7, 11) is 1.65. The van der Waals surface area contributed by atoms with E-state index >= 15 is 0 Å². The van der Waals surface area contributed by atoms with Crippen LogP contribution in [0.2, 0.25) is 0 Å². The molecule has 2 N–H and O–H groups in total. The molecular weight excluding hydrogens is 252 g/mol. The number of nitrogens with zero attached hydrogens (tertiary/aromatic N) is 1. The standard InChI is InChI=1S/C16H24N2O2/c1-11(2)7-8-18-15(19)10-14(17)16(18)12-5-4-6-13(9-12)20-3/h4-6,9,11,14,16H,7-8,10,17H2,1-3H3. The van der Waals surface area contributed by atoms with Crippen LogP contribution >= 0.6 is 0 Å². The van der Waals surface area contributed by atoms with E-state index < -0.39 is 0 Å². The first-order valence-corrected chi connectivity index (χ1v) is 7.22. The SMILES string of the molecule is COc1cccc(C2C(N)CC(=O)N2CCC(C)C)c1. The molecule has 1 amide bonds. The van der Waals surface area contributed by atoms with Crippen molar-refractivity contribution in [2.24, 2.45) is 11.7 Å². The monoisotopic (exact) mass is 276 g/mol. The number of methoxy groups -OCH3 is 1. The van der Waals surface area contributed by atoms with Gasteiger partial charge in [0, 0.05) is 19.0 Å². The Hall–Kier alpha value is -1.55. The number of hydrogen-bond donors (Lipinski definition) is 1. The normalized spacial score (nSPS) is 22.6. The van der Waals surface area contributed by atoms with Crippen LogP contribution in [0.3, 0.4) is 0 Å². The number of hydrogen-bond acceptors (Lipinski definition) is 3. The number of likely N-dealkylation sites (tertiary alicyclic amines) is 1. The van der Waals surface area contributed by atoms with Gasteiger partial charge in [-0.3, -0.25) is 4.79 Å². The number of nitrogens with two attached hydrogens (primary N) is 1. The van der Waals surface area contributed by atoms with Crippen LogP contribution in [-0.2, 0) is 4.79 Å². The van der Waals surface area contributed by atoms with E-state index in [2.05, 4.69) is 13.8 Å². The second-order valence-electron chi connectivity index (χ2n) is 5.86. The van der Waals surface area contributed by atoms with Gasteiger partial charge in [0.05, 0.1) is 13.2 Å². The van der Waals surface area contributed by atoms with E-state index in [-0.39, 0.29) is 18.0 Å². The molecule has 110 valence electrons. The second-order valence-corrected chi connectivity index (χ2v) is 5.86. The van der Waals surface area contributed by atoms with E-state index in [0.717, 1.165) is 24.3 Å². The van der Waals surface area contributed by atoms with Crippen molar-refractivity contribution in [1.82, 2.24) is 4.90 Å². The predicted octanol–water partition coefficient (Wildman–Crippen LogP) is 2.34. The minimum Gasteiger partial charge on any atom is -0.497 e. The van der Waals surface area contributed by atoms with Gasteiger partial charge >= 0.3 is 0 Å². The molecule has 1 aromatic rings. The second kappa shape index (κ2) is 6.27. The van der Waals surface area contributed by atoms with E-state index in [0.29, 0.717) is 12.3 Å². The van der Waals surface area contributed by atoms with Gasteiger partial charge in [-0.2, -0.15) is 0 Å². The van der Waals surface area contributed by atoms with Crippen LogP contribution in [0.5, 0.6) is 5.75 Å². The number of amides is 1. The highest BCUT2D eigenvalue weighted by Gasteiger charge is 2.38. The van der Waals surface area contributed by atoms with Crippen LogP contribution in [0, 0.1) is 5.92 Å². The fourth-order valence-electron chi connectivity index (χ4n) is 2.73. The Labute approximate surface area is 120 Å². The number of carbonyl (C=O) groups is 1. The van der Waals surface area contributed by atoms with Crippen molar-refractivity contribution in [3.05, 3.63) is 29.8 Å². The maximum Gasteiger partial charge on any atom is 0.224 e. The Bertz CT molecular complexity index is 473. The Balaban J connectivity index is 2.23. The first kappa shape index (κ1) is 14.9. The smallest absolute Gasteiger partial charge is 0.224 e. The molecule has 0 spiro atoms. The largest absolute Gasteiger partial charge is 0.497 e. The minimum atomic E-state index is -0.137. The van der Waals surface area contributed by atoms with Gasteiger partial charge in [0.2, 0.25) is 5.91 Å². The zero-order valence-corrected chi connectivity index (χ0v) is 12.5. The number of benzene rings is 1. The lowest BCUT2D eigenvalue weighted by molar-refractivity contribution is -0.129. The van der Waals surface area contributed by atoms with Crippen molar-refractivity contribution < 1.29 is 9.53 Å². The third kappa shape index (κ3) is 3.12. The molecule has 1 aliphatic rings. The minimum absolute atomic E-state index is 0.0312. The molecule has 4 nitrogen and oxygen atoms in total. The topological polar surface area (TPSA) is 55.6 Å². The van der Waals surface area contributed by atoms with Gasteiger partial charge in [-0.25, -0.2) is 0 Å². The molecule has 1 heterocycles. The summed E-state index contributed by atoms with van der Waals surface area (Å²) in [6.45, 7) is 5.11. The van der Waals surface area contributed by atoms with Crippen LogP contribution in [0.25, 0.3) is 0 Å². The lowest BCUT2D eigenvalue weighted by atomic mass is 10.00. The number of carbonyl (C=O) groups excluding carboxylic acids is 1. The highest BCUT2D eigenvalue weighted by atomic mass is 16.5. The Morgan fingerprint density at radius 2 is 2.20 bits per heavy atom. The van der Waals surface area contributed by atoms with Crippen LogP contribution in [0.4, 0.5) is 0 Å². The molecule has 0 saturated carbocycles. The third-order valence-corrected chi connectivity index (χ3v) is 3.85. The zero-order valence-electron chi connectivity index (χ0n) is 12.5. The van der Waals surface area contributed by atoms with Crippen LogP contribution in [-0.4, -0.2) is 30.5 Å². The first-order valence-electron chi connectivity index (χ1n) is 7.22. The lowest BCUT2D eigenvalue weighted by Crippen LogP contribution is -2.34.